The lowest BCUT2D eigenvalue weighted by Crippen LogP contribution is -2.41. The van der Waals surface area contributed by atoms with Gasteiger partial charge in [-0.05, 0) is 25.3 Å². The highest BCUT2D eigenvalue weighted by atomic mass is 35.5. The Bertz CT molecular complexity index is 732. The van der Waals surface area contributed by atoms with Crippen molar-refractivity contribution in [2.45, 2.75) is 29.7 Å². The summed E-state index contributed by atoms with van der Waals surface area (Å²) in [4.78, 5) is 15.1. The third-order valence-electron chi connectivity index (χ3n) is 4.37. The van der Waals surface area contributed by atoms with Crippen LogP contribution < -0.4 is 4.74 Å². The zero-order valence-electron chi connectivity index (χ0n) is 11.8. The van der Waals surface area contributed by atoms with Gasteiger partial charge in [0.25, 0.3) is 0 Å². The molecule has 1 aromatic rings. The van der Waals surface area contributed by atoms with Crippen LogP contribution in [0.2, 0.25) is 5.02 Å². The molecule has 7 nitrogen and oxygen atoms in total. The topological polar surface area (TPSA) is 96.8 Å². The first kappa shape index (κ1) is 15.5. The van der Waals surface area contributed by atoms with Gasteiger partial charge in [-0.1, -0.05) is 11.6 Å². The van der Waals surface area contributed by atoms with Gasteiger partial charge in [0.15, 0.2) is 0 Å². The molecule has 3 rings (SSSR count). The van der Waals surface area contributed by atoms with Crippen LogP contribution >= 0.6 is 11.6 Å². The Kier molecular flexibility index (Phi) is 3.58. The van der Waals surface area contributed by atoms with Crippen molar-refractivity contribution < 1.29 is 23.1 Å². The van der Waals surface area contributed by atoms with Crippen molar-refractivity contribution in [1.82, 2.24) is 9.29 Å². The second-order valence-corrected chi connectivity index (χ2v) is 7.79. The standard InChI is InChI=1S/C13H15ClN2O5S/c1-21-11-10(6-8(14)7-15-11)22(19,20)16-5-2-9(12(17)18)13(16)3-4-13/h6-7,9H,2-5H2,1H3,(H,17,18). The van der Waals surface area contributed by atoms with Gasteiger partial charge < -0.3 is 9.84 Å². The maximum atomic E-state index is 12.9. The summed E-state index contributed by atoms with van der Waals surface area (Å²) in [6.07, 6.45) is 2.72. The Morgan fingerprint density at radius 2 is 2.23 bits per heavy atom. The molecule has 22 heavy (non-hydrogen) atoms. The summed E-state index contributed by atoms with van der Waals surface area (Å²) in [7, 11) is -2.59. The van der Waals surface area contributed by atoms with Crippen LogP contribution in [0.1, 0.15) is 19.3 Å². The highest BCUT2D eigenvalue weighted by Gasteiger charge is 2.64. The van der Waals surface area contributed by atoms with E-state index in [4.69, 9.17) is 16.3 Å². The van der Waals surface area contributed by atoms with E-state index in [9.17, 15) is 18.3 Å². The summed E-state index contributed by atoms with van der Waals surface area (Å²) in [6, 6.07) is 1.28. The average Bonchev–Trinajstić information content (AvgIpc) is 3.11. The fourth-order valence-corrected chi connectivity index (χ4v) is 5.44. The van der Waals surface area contributed by atoms with E-state index in [-0.39, 0.29) is 22.3 Å². The van der Waals surface area contributed by atoms with Crippen molar-refractivity contribution in [3.63, 3.8) is 0 Å². The van der Waals surface area contributed by atoms with E-state index in [2.05, 4.69) is 4.98 Å². The first-order chi connectivity index (χ1) is 10.3. The fourth-order valence-electron chi connectivity index (χ4n) is 3.22. The SMILES string of the molecule is COc1ncc(Cl)cc1S(=O)(=O)N1CCC(C(=O)O)C12CC2. The molecule has 1 N–H and O–H groups in total. The molecule has 1 saturated carbocycles. The number of pyridine rings is 1. The van der Waals surface area contributed by atoms with Crippen molar-refractivity contribution in [2.24, 2.45) is 5.92 Å². The number of sulfonamides is 1. The van der Waals surface area contributed by atoms with Gasteiger partial charge >= 0.3 is 5.97 Å². The molecule has 0 aromatic carbocycles. The predicted octanol–water partition coefficient (Wildman–Crippen LogP) is 1.37. The number of carbonyl (C=O) groups is 1. The zero-order valence-corrected chi connectivity index (χ0v) is 13.4. The van der Waals surface area contributed by atoms with E-state index in [1.165, 1.54) is 23.7 Å². The highest BCUT2D eigenvalue weighted by Crippen LogP contribution is 2.55. The lowest BCUT2D eigenvalue weighted by atomic mass is 9.99. The predicted molar refractivity (Wildman–Crippen MR) is 77.4 cm³/mol. The molecule has 1 aliphatic carbocycles. The Balaban J connectivity index is 2.05. The number of halogens is 1. The van der Waals surface area contributed by atoms with Crippen LogP contribution in [0.5, 0.6) is 5.88 Å². The summed E-state index contributed by atoms with van der Waals surface area (Å²) in [5, 5.41) is 9.49. The van der Waals surface area contributed by atoms with E-state index in [0.717, 1.165) is 0 Å². The van der Waals surface area contributed by atoms with Crippen LogP contribution in [0.25, 0.3) is 0 Å². The maximum Gasteiger partial charge on any atom is 0.308 e. The fraction of sp³-hybridized carbons (Fsp3) is 0.538. The van der Waals surface area contributed by atoms with Gasteiger partial charge in [-0.3, -0.25) is 4.79 Å². The Morgan fingerprint density at radius 1 is 1.55 bits per heavy atom. The molecule has 1 atom stereocenters. The number of carboxylic acids is 1. The molecule has 2 aliphatic rings. The molecule has 0 bridgehead atoms. The third-order valence-corrected chi connectivity index (χ3v) is 6.55. The first-order valence-electron chi connectivity index (χ1n) is 6.78. The minimum Gasteiger partial charge on any atom is -0.481 e. The van der Waals surface area contributed by atoms with Crippen LogP contribution in [0.3, 0.4) is 0 Å². The summed E-state index contributed by atoms with van der Waals surface area (Å²) in [6.45, 7) is 0.176. The largest absolute Gasteiger partial charge is 0.481 e. The number of hydrogen-bond donors (Lipinski definition) is 1. The molecule has 2 fully saturated rings. The molecule has 0 amide bonds. The van der Waals surface area contributed by atoms with Crippen molar-refractivity contribution >= 4 is 27.6 Å². The second kappa shape index (κ2) is 5.07. The van der Waals surface area contributed by atoms with Crippen molar-refractivity contribution in [3.8, 4) is 5.88 Å². The number of aliphatic carboxylic acids is 1. The normalized spacial score (nSPS) is 23.6. The number of carboxylic acid groups (broad SMARTS) is 1. The maximum absolute atomic E-state index is 12.9. The highest BCUT2D eigenvalue weighted by molar-refractivity contribution is 7.89. The molecule has 120 valence electrons. The second-order valence-electron chi connectivity index (χ2n) is 5.52. The Hall–Kier alpha value is -1.38. The first-order valence-corrected chi connectivity index (χ1v) is 8.60. The number of rotatable bonds is 4. The van der Waals surface area contributed by atoms with Gasteiger partial charge in [0.1, 0.15) is 4.90 Å². The number of nitrogens with zero attached hydrogens (tertiary/aromatic N) is 2. The quantitative estimate of drug-likeness (QED) is 0.884. The van der Waals surface area contributed by atoms with E-state index in [1.807, 2.05) is 0 Å². The number of aromatic nitrogens is 1. The van der Waals surface area contributed by atoms with Gasteiger partial charge in [0.05, 0.1) is 18.1 Å². The summed E-state index contributed by atoms with van der Waals surface area (Å²) >= 11 is 5.86. The van der Waals surface area contributed by atoms with E-state index < -0.39 is 27.4 Å². The Morgan fingerprint density at radius 3 is 2.77 bits per heavy atom. The van der Waals surface area contributed by atoms with Gasteiger partial charge in [0.2, 0.25) is 15.9 Å². The molecular formula is C13H15ClN2O5S. The van der Waals surface area contributed by atoms with E-state index >= 15 is 0 Å². The molecule has 9 heteroatoms. The molecule has 1 aromatic heterocycles. The molecule has 1 unspecified atom stereocenters. The van der Waals surface area contributed by atoms with E-state index in [0.29, 0.717) is 19.3 Å². The van der Waals surface area contributed by atoms with Crippen LogP contribution in [0, 0.1) is 5.92 Å². The summed E-state index contributed by atoms with van der Waals surface area (Å²) in [5.74, 6) is -1.66. The third kappa shape index (κ3) is 2.17. The molecule has 1 spiro atoms. The van der Waals surface area contributed by atoms with Crippen LogP contribution in [0.15, 0.2) is 17.2 Å². The van der Waals surface area contributed by atoms with Gasteiger partial charge in [0, 0.05) is 18.3 Å². The van der Waals surface area contributed by atoms with Crippen molar-refractivity contribution in [2.75, 3.05) is 13.7 Å². The molecule has 1 saturated heterocycles. The van der Waals surface area contributed by atoms with Gasteiger partial charge in [-0.25, -0.2) is 13.4 Å². The monoisotopic (exact) mass is 346 g/mol. The number of hydrogen-bond acceptors (Lipinski definition) is 5. The molecule has 2 heterocycles. The Labute approximate surface area is 132 Å². The number of methoxy groups -OCH3 is 1. The van der Waals surface area contributed by atoms with Crippen molar-refractivity contribution in [3.05, 3.63) is 17.3 Å². The van der Waals surface area contributed by atoms with E-state index in [1.54, 1.807) is 0 Å². The molecular weight excluding hydrogens is 332 g/mol. The lowest BCUT2D eigenvalue weighted by molar-refractivity contribution is -0.142. The lowest BCUT2D eigenvalue weighted by Gasteiger charge is -2.26. The number of ether oxygens (including phenoxy) is 1. The molecule has 0 radical (unpaired) electrons. The van der Waals surface area contributed by atoms with Crippen LogP contribution in [-0.4, -0.2) is 48.0 Å². The average molecular weight is 347 g/mol. The summed E-state index contributed by atoms with van der Waals surface area (Å²) in [5.41, 5.74) is -0.808. The smallest absolute Gasteiger partial charge is 0.308 e. The van der Waals surface area contributed by atoms with Crippen LogP contribution in [0.4, 0.5) is 0 Å². The molecule has 1 aliphatic heterocycles. The van der Waals surface area contributed by atoms with Gasteiger partial charge in [-0.15, -0.1) is 0 Å². The van der Waals surface area contributed by atoms with Gasteiger partial charge in [-0.2, -0.15) is 4.31 Å². The van der Waals surface area contributed by atoms with Crippen LogP contribution in [-0.2, 0) is 14.8 Å². The minimum absolute atomic E-state index is 0.0426. The van der Waals surface area contributed by atoms with Crippen molar-refractivity contribution in [1.29, 1.82) is 0 Å². The minimum atomic E-state index is -3.92. The zero-order chi connectivity index (χ0) is 16.1. The summed E-state index contributed by atoms with van der Waals surface area (Å²) < 4.78 is 32.2.